The van der Waals surface area contributed by atoms with Crippen molar-refractivity contribution in [2.45, 2.75) is 13.3 Å². The Kier molecular flexibility index (Phi) is 14.1. The topological polar surface area (TPSA) is 78.9 Å². The number of hydrogen-bond donors (Lipinski definition) is 0. The third-order valence-corrected chi connectivity index (χ3v) is 2.86. The van der Waals surface area contributed by atoms with Gasteiger partial charge in [-0.15, -0.1) is 0 Å². The molecule has 0 aliphatic carbocycles. The molecule has 0 unspecified atom stereocenters. The molecule has 0 aromatic heterocycles. The third kappa shape index (κ3) is 13.9. The summed E-state index contributed by atoms with van der Waals surface area (Å²) in [6.45, 7) is 11.1. The second-order valence-electron chi connectivity index (χ2n) is 5.03. The van der Waals surface area contributed by atoms with E-state index in [1.165, 1.54) is 6.92 Å². The van der Waals surface area contributed by atoms with E-state index in [9.17, 15) is 14.4 Å². The molecule has 0 atom stereocenters. The lowest BCUT2D eigenvalue weighted by Gasteiger charge is -1.98. The molecule has 2 aromatic carbocycles. The summed E-state index contributed by atoms with van der Waals surface area (Å²) in [7, 11) is 0. The highest BCUT2D eigenvalue weighted by Gasteiger charge is 2.02. The van der Waals surface area contributed by atoms with Gasteiger partial charge in [0.05, 0.1) is 30.8 Å². The quantitative estimate of drug-likeness (QED) is 0.403. The number of ether oxygens (including phenoxy) is 3. The largest absolute Gasteiger partial charge is 0.435 e. The van der Waals surface area contributed by atoms with Crippen molar-refractivity contribution in [2.75, 3.05) is 0 Å². The molecule has 0 amide bonds. The van der Waals surface area contributed by atoms with E-state index in [4.69, 9.17) is 0 Å². The van der Waals surface area contributed by atoms with Crippen molar-refractivity contribution in [3.05, 3.63) is 110 Å². The first-order valence-corrected chi connectivity index (χ1v) is 8.44. The predicted octanol–water partition coefficient (Wildman–Crippen LogP) is 4.60. The molecular weight excluding hydrogens is 372 g/mol. The lowest BCUT2D eigenvalue weighted by atomic mass is 10.2. The molecule has 152 valence electrons. The summed E-state index contributed by atoms with van der Waals surface area (Å²) < 4.78 is 13.3. The molecule has 2 rings (SSSR count). The van der Waals surface area contributed by atoms with Crippen molar-refractivity contribution in [3.8, 4) is 0 Å². The highest BCUT2D eigenvalue weighted by molar-refractivity contribution is 5.89. The maximum absolute atomic E-state index is 11.0. The van der Waals surface area contributed by atoms with Crippen LogP contribution in [0.5, 0.6) is 0 Å². The maximum Gasteiger partial charge on any atom is 0.342 e. The number of carbonyl (C=O) groups excluding carboxylic acids is 3. The zero-order valence-electron chi connectivity index (χ0n) is 16.3. The molecule has 0 saturated heterocycles. The van der Waals surface area contributed by atoms with Crippen LogP contribution in [0.15, 0.2) is 99.2 Å². The van der Waals surface area contributed by atoms with Crippen molar-refractivity contribution in [1.29, 1.82) is 0 Å². The van der Waals surface area contributed by atoms with Crippen LogP contribution >= 0.6 is 0 Å². The molecular formula is C23H24O6. The minimum atomic E-state index is -0.374. The van der Waals surface area contributed by atoms with Gasteiger partial charge in [0, 0.05) is 6.92 Å². The molecule has 6 nitrogen and oxygen atoms in total. The minimum absolute atomic E-state index is 0.281. The molecule has 0 bridgehead atoms. The van der Waals surface area contributed by atoms with Gasteiger partial charge < -0.3 is 14.2 Å². The van der Waals surface area contributed by atoms with Crippen LogP contribution in [0.2, 0.25) is 0 Å². The molecule has 0 aliphatic rings. The lowest BCUT2D eigenvalue weighted by Crippen LogP contribution is -2.03. The first-order valence-electron chi connectivity index (χ1n) is 8.44. The Morgan fingerprint density at radius 1 is 0.759 bits per heavy atom. The summed E-state index contributed by atoms with van der Waals surface area (Å²) in [6.07, 6.45) is 3.66. The Bertz CT molecular complexity index is 782. The first-order chi connectivity index (χ1) is 13.9. The zero-order valence-corrected chi connectivity index (χ0v) is 16.3. The van der Waals surface area contributed by atoms with Crippen LogP contribution in [0.4, 0.5) is 0 Å². The average molecular weight is 396 g/mol. The van der Waals surface area contributed by atoms with E-state index in [-0.39, 0.29) is 17.9 Å². The standard InChI is InChI=1S/C10H10O2.C9H8O2.C4H6O2/c1-2-12-10(11)8-9-6-4-3-5-7-9;1-2-11-9(10)8-6-4-3-5-7-8;1-3-6-4(2)5/h2-7H,1,8H2;2-7H,1H2;3H,1H2,2H3. The lowest BCUT2D eigenvalue weighted by molar-refractivity contribution is -0.137. The second-order valence-corrected chi connectivity index (χ2v) is 5.03. The van der Waals surface area contributed by atoms with Gasteiger partial charge in [-0.25, -0.2) is 4.79 Å². The number of esters is 3. The number of hydrogen-bond acceptors (Lipinski definition) is 6. The van der Waals surface area contributed by atoms with Gasteiger partial charge in [-0.05, 0) is 17.7 Å². The molecule has 0 aliphatic heterocycles. The molecule has 0 saturated carbocycles. The Morgan fingerprint density at radius 3 is 1.66 bits per heavy atom. The Morgan fingerprint density at radius 2 is 1.24 bits per heavy atom. The van der Waals surface area contributed by atoms with Crippen LogP contribution in [0.1, 0.15) is 22.8 Å². The summed E-state index contributed by atoms with van der Waals surface area (Å²) in [5.74, 6) is -0.984. The van der Waals surface area contributed by atoms with E-state index in [2.05, 4.69) is 33.9 Å². The minimum Gasteiger partial charge on any atom is -0.435 e. The van der Waals surface area contributed by atoms with Crippen LogP contribution in [-0.4, -0.2) is 17.9 Å². The van der Waals surface area contributed by atoms with Gasteiger partial charge in [-0.2, -0.15) is 0 Å². The van der Waals surface area contributed by atoms with Gasteiger partial charge in [0.15, 0.2) is 0 Å². The summed E-state index contributed by atoms with van der Waals surface area (Å²) in [5, 5.41) is 0. The van der Waals surface area contributed by atoms with Gasteiger partial charge in [-0.1, -0.05) is 68.3 Å². The van der Waals surface area contributed by atoms with E-state index in [0.29, 0.717) is 12.0 Å². The van der Waals surface area contributed by atoms with Crippen LogP contribution in [0.3, 0.4) is 0 Å². The molecule has 6 heteroatoms. The van der Waals surface area contributed by atoms with E-state index < -0.39 is 0 Å². The van der Waals surface area contributed by atoms with Crippen molar-refractivity contribution < 1.29 is 28.6 Å². The van der Waals surface area contributed by atoms with Crippen LogP contribution < -0.4 is 0 Å². The fourth-order valence-electron chi connectivity index (χ4n) is 1.73. The van der Waals surface area contributed by atoms with E-state index >= 15 is 0 Å². The molecule has 0 radical (unpaired) electrons. The number of rotatable bonds is 6. The van der Waals surface area contributed by atoms with Gasteiger partial charge in [0.1, 0.15) is 0 Å². The van der Waals surface area contributed by atoms with Gasteiger partial charge in [0.25, 0.3) is 0 Å². The normalized spacial score (nSPS) is 8.45. The summed E-state index contributed by atoms with van der Waals surface area (Å²) in [5.41, 5.74) is 1.48. The average Bonchev–Trinajstić information content (AvgIpc) is 2.71. The summed E-state index contributed by atoms with van der Waals surface area (Å²) in [6, 6.07) is 18.2. The van der Waals surface area contributed by atoms with Gasteiger partial charge >= 0.3 is 17.9 Å². The van der Waals surface area contributed by atoms with Crippen molar-refractivity contribution in [2.24, 2.45) is 0 Å². The van der Waals surface area contributed by atoms with Crippen LogP contribution in [-0.2, 0) is 30.2 Å². The van der Waals surface area contributed by atoms with Gasteiger partial charge in [-0.3, -0.25) is 9.59 Å². The summed E-state index contributed by atoms with van der Waals surface area (Å²) in [4.78, 5) is 31.6. The second kappa shape index (κ2) is 16.3. The monoisotopic (exact) mass is 396 g/mol. The third-order valence-electron chi connectivity index (χ3n) is 2.86. The van der Waals surface area contributed by atoms with Crippen molar-refractivity contribution in [1.82, 2.24) is 0 Å². The van der Waals surface area contributed by atoms with Crippen LogP contribution in [0.25, 0.3) is 0 Å². The molecule has 0 spiro atoms. The Labute approximate surface area is 170 Å². The number of benzene rings is 2. The SMILES string of the molecule is C=COC(=O)Cc1ccccc1.C=COC(=O)c1ccccc1.C=COC(C)=O. The molecule has 2 aromatic rings. The van der Waals surface area contributed by atoms with Gasteiger partial charge in [0.2, 0.25) is 0 Å². The first kappa shape index (κ1) is 25.1. The molecule has 0 heterocycles. The van der Waals surface area contributed by atoms with E-state index in [1.807, 2.05) is 36.4 Å². The molecule has 0 N–H and O–H groups in total. The Hall–Kier alpha value is -3.93. The van der Waals surface area contributed by atoms with Crippen molar-refractivity contribution in [3.63, 3.8) is 0 Å². The van der Waals surface area contributed by atoms with E-state index in [1.54, 1.807) is 24.3 Å². The highest BCUT2D eigenvalue weighted by atomic mass is 16.5. The fraction of sp³-hybridized carbons (Fsp3) is 0.0870. The fourth-order valence-corrected chi connectivity index (χ4v) is 1.73. The number of carbonyl (C=O) groups is 3. The molecule has 0 fully saturated rings. The zero-order chi connectivity index (χ0) is 21.9. The Balaban J connectivity index is 0.000000430. The van der Waals surface area contributed by atoms with Crippen molar-refractivity contribution >= 4 is 17.9 Å². The highest BCUT2D eigenvalue weighted by Crippen LogP contribution is 2.01. The molecule has 29 heavy (non-hydrogen) atoms. The van der Waals surface area contributed by atoms with E-state index in [0.717, 1.165) is 24.3 Å². The smallest absolute Gasteiger partial charge is 0.342 e. The maximum atomic E-state index is 11.0. The summed E-state index contributed by atoms with van der Waals surface area (Å²) >= 11 is 0. The predicted molar refractivity (Wildman–Crippen MR) is 110 cm³/mol. The van der Waals surface area contributed by atoms with Crippen LogP contribution in [0, 0.1) is 0 Å².